The first kappa shape index (κ1) is 12.3. The molecular weight excluding hydrogens is 254 g/mol. The summed E-state index contributed by atoms with van der Waals surface area (Å²) in [6, 6.07) is 13.0. The van der Waals surface area contributed by atoms with E-state index in [9.17, 15) is 10.1 Å². The van der Waals surface area contributed by atoms with E-state index in [2.05, 4.69) is 4.98 Å². The Labute approximate surface area is 115 Å². The van der Waals surface area contributed by atoms with Crippen LogP contribution in [-0.2, 0) is 0 Å². The highest BCUT2D eigenvalue weighted by Crippen LogP contribution is 2.25. The smallest absolute Gasteiger partial charge is 0.272 e. The maximum atomic E-state index is 10.9. The maximum Gasteiger partial charge on any atom is 0.272 e. The van der Waals surface area contributed by atoms with Crippen LogP contribution in [0.2, 0.25) is 0 Å². The molecule has 0 atom stereocenters. The second kappa shape index (κ2) is 4.45. The second-order valence-corrected chi connectivity index (χ2v) is 4.71. The molecule has 5 nitrogen and oxygen atoms in total. The third kappa shape index (κ3) is 1.84. The third-order valence-corrected chi connectivity index (χ3v) is 3.36. The third-order valence-electron chi connectivity index (χ3n) is 3.36. The molecule has 0 aliphatic carbocycles. The topological polar surface area (TPSA) is 61.0 Å². The molecule has 0 aliphatic rings. The molecule has 3 rings (SSSR count). The highest BCUT2D eigenvalue weighted by atomic mass is 16.6. The van der Waals surface area contributed by atoms with Gasteiger partial charge in [-0.1, -0.05) is 12.1 Å². The van der Waals surface area contributed by atoms with Crippen LogP contribution in [0.3, 0.4) is 0 Å². The number of aryl methyl sites for hydroxylation is 2. The van der Waals surface area contributed by atoms with Gasteiger partial charge in [0.15, 0.2) is 0 Å². The molecule has 0 amide bonds. The normalized spacial score (nSPS) is 10.9. The number of rotatable bonds is 2. The SMILES string of the molecule is Cc1cc(-n2c(C)nc3ccccc32)ccc1[N+](=O)[O-]. The Balaban J connectivity index is 2.23. The maximum absolute atomic E-state index is 10.9. The van der Waals surface area contributed by atoms with Crippen molar-refractivity contribution in [2.24, 2.45) is 0 Å². The van der Waals surface area contributed by atoms with Crippen LogP contribution < -0.4 is 0 Å². The lowest BCUT2D eigenvalue weighted by molar-refractivity contribution is -0.385. The molecule has 0 radical (unpaired) electrons. The summed E-state index contributed by atoms with van der Waals surface area (Å²) in [5, 5.41) is 10.9. The molecule has 0 fully saturated rings. The summed E-state index contributed by atoms with van der Waals surface area (Å²) < 4.78 is 2.01. The average molecular weight is 267 g/mol. The van der Waals surface area contributed by atoms with Crippen molar-refractivity contribution in [3.05, 3.63) is 64.0 Å². The molecule has 0 spiro atoms. The van der Waals surface area contributed by atoms with Crippen LogP contribution in [0.15, 0.2) is 42.5 Å². The number of aromatic nitrogens is 2. The Morgan fingerprint density at radius 2 is 1.90 bits per heavy atom. The first-order valence-corrected chi connectivity index (χ1v) is 6.27. The summed E-state index contributed by atoms with van der Waals surface area (Å²) in [6.45, 7) is 3.67. The van der Waals surface area contributed by atoms with Gasteiger partial charge in [-0.2, -0.15) is 0 Å². The number of nitro benzene ring substituents is 1. The van der Waals surface area contributed by atoms with Crippen molar-refractivity contribution in [1.82, 2.24) is 9.55 Å². The van der Waals surface area contributed by atoms with E-state index < -0.39 is 0 Å². The number of hydrogen-bond acceptors (Lipinski definition) is 3. The standard InChI is InChI=1S/C15H13N3O2/c1-10-9-12(7-8-14(10)18(19)20)17-11(2)16-13-5-3-4-6-15(13)17/h3-9H,1-2H3. The average Bonchev–Trinajstić information content (AvgIpc) is 2.73. The van der Waals surface area contributed by atoms with Crippen molar-refractivity contribution < 1.29 is 4.92 Å². The number of nitrogens with zero attached hydrogens (tertiary/aromatic N) is 3. The molecule has 100 valence electrons. The van der Waals surface area contributed by atoms with Crippen molar-refractivity contribution >= 4 is 16.7 Å². The highest BCUT2D eigenvalue weighted by Gasteiger charge is 2.13. The molecule has 0 bridgehead atoms. The van der Waals surface area contributed by atoms with Crippen LogP contribution in [0.4, 0.5) is 5.69 Å². The first-order valence-electron chi connectivity index (χ1n) is 6.27. The summed E-state index contributed by atoms with van der Waals surface area (Å²) in [5.74, 6) is 0.861. The molecule has 0 N–H and O–H groups in total. The van der Waals surface area contributed by atoms with Gasteiger partial charge in [-0.25, -0.2) is 4.98 Å². The second-order valence-electron chi connectivity index (χ2n) is 4.71. The van der Waals surface area contributed by atoms with Gasteiger partial charge in [0.2, 0.25) is 0 Å². The Hall–Kier alpha value is -2.69. The minimum Gasteiger partial charge on any atom is -0.297 e. The predicted molar refractivity (Wildman–Crippen MR) is 77.2 cm³/mol. The Morgan fingerprint density at radius 3 is 2.60 bits per heavy atom. The fourth-order valence-corrected chi connectivity index (χ4v) is 2.46. The van der Waals surface area contributed by atoms with Gasteiger partial charge in [-0.15, -0.1) is 0 Å². The van der Waals surface area contributed by atoms with Crippen LogP contribution >= 0.6 is 0 Å². The molecule has 2 aromatic carbocycles. The molecular formula is C15H13N3O2. The minimum absolute atomic E-state index is 0.135. The van der Waals surface area contributed by atoms with E-state index in [0.717, 1.165) is 22.5 Å². The van der Waals surface area contributed by atoms with Gasteiger partial charge < -0.3 is 0 Å². The lowest BCUT2D eigenvalue weighted by atomic mass is 10.1. The molecule has 3 aromatic rings. The van der Waals surface area contributed by atoms with Crippen LogP contribution in [0.25, 0.3) is 16.7 Å². The van der Waals surface area contributed by atoms with E-state index in [1.165, 1.54) is 0 Å². The predicted octanol–water partition coefficient (Wildman–Crippen LogP) is 3.55. The molecule has 20 heavy (non-hydrogen) atoms. The van der Waals surface area contributed by atoms with Crippen LogP contribution in [-0.4, -0.2) is 14.5 Å². The van der Waals surface area contributed by atoms with Crippen molar-refractivity contribution in [3.8, 4) is 5.69 Å². The van der Waals surface area contributed by atoms with Crippen LogP contribution in [0.1, 0.15) is 11.4 Å². The summed E-state index contributed by atoms with van der Waals surface area (Å²) in [4.78, 5) is 15.0. The number of fused-ring (bicyclic) bond motifs is 1. The Morgan fingerprint density at radius 1 is 1.15 bits per heavy atom. The van der Waals surface area contributed by atoms with Gasteiger partial charge >= 0.3 is 0 Å². The summed E-state index contributed by atoms with van der Waals surface area (Å²) in [7, 11) is 0. The van der Waals surface area contributed by atoms with Gasteiger partial charge in [-0.3, -0.25) is 14.7 Å². The van der Waals surface area contributed by atoms with Gasteiger partial charge in [0.25, 0.3) is 5.69 Å². The number of nitro groups is 1. The van der Waals surface area contributed by atoms with E-state index in [4.69, 9.17) is 0 Å². The lowest BCUT2D eigenvalue weighted by Gasteiger charge is -2.08. The Kier molecular flexibility index (Phi) is 2.75. The van der Waals surface area contributed by atoms with Gasteiger partial charge in [-0.05, 0) is 38.1 Å². The van der Waals surface area contributed by atoms with Crippen molar-refractivity contribution in [2.45, 2.75) is 13.8 Å². The molecule has 5 heteroatoms. The summed E-state index contributed by atoms with van der Waals surface area (Å²) in [5.41, 5.74) is 3.58. The zero-order valence-electron chi connectivity index (χ0n) is 11.2. The van der Waals surface area contributed by atoms with Gasteiger partial charge in [0, 0.05) is 17.3 Å². The minimum atomic E-state index is -0.363. The summed E-state index contributed by atoms with van der Waals surface area (Å²) >= 11 is 0. The molecule has 1 heterocycles. The van der Waals surface area contributed by atoms with Crippen molar-refractivity contribution in [1.29, 1.82) is 0 Å². The fourth-order valence-electron chi connectivity index (χ4n) is 2.46. The highest BCUT2D eigenvalue weighted by molar-refractivity contribution is 5.78. The van der Waals surface area contributed by atoms with Crippen molar-refractivity contribution in [3.63, 3.8) is 0 Å². The number of imidazole rings is 1. The number of hydrogen-bond donors (Lipinski definition) is 0. The quantitative estimate of drug-likeness (QED) is 0.527. The van der Waals surface area contributed by atoms with Gasteiger partial charge in [0.05, 0.1) is 16.0 Å². The summed E-state index contributed by atoms with van der Waals surface area (Å²) in [6.07, 6.45) is 0. The first-order chi connectivity index (χ1) is 9.58. The zero-order valence-corrected chi connectivity index (χ0v) is 11.2. The molecule has 0 aliphatic heterocycles. The van der Waals surface area contributed by atoms with Crippen LogP contribution in [0, 0.1) is 24.0 Å². The molecule has 0 saturated carbocycles. The van der Waals surface area contributed by atoms with E-state index in [-0.39, 0.29) is 10.6 Å². The molecule has 0 unspecified atom stereocenters. The monoisotopic (exact) mass is 267 g/mol. The molecule has 1 aromatic heterocycles. The number of benzene rings is 2. The zero-order chi connectivity index (χ0) is 14.3. The van der Waals surface area contributed by atoms with Crippen LogP contribution in [0.5, 0.6) is 0 Å². The molecule has 0 saturated heterocycles. The lowest BCUT2D eigenvalue weighted by Crippen LogP contribution is -1.99. The van der Waals surface area contributed by atoms with Crippen molar-refractivity contribution in [2.75, 3.05) is 0 Å². The van der Waals surface area contributed by atoms with E-state index in [1.807, 2.05) is 41.8 Å². The Bertz CT molecular complexity index is 821. The van der Waals surface area contributed by atoms with Gasteiger partial charge in [0.1, 0.15) is 5.82 Å². The largest absolute Gasteiger partial charge is 0.297 e. The fraction of sp³-hybridized carbons (Fsp3) is 0.133. The number of para-hydroxylation sites is 2. The van der Waals surface area contributed by atoms with E-state index in [1.54, 1.807) is 19.1 Å². The van der Waals surface area contributed by atoms with E-state index >= 15 is 0 Å². The van der Waals surface area contributed by atoms with E-state index in [0.29, 0.717) is 5.56 Å².